The summed E-state index contributed by atoms with van der Waals surface area (Å²) in [6.07, 6.45) is 2.23. The molecule has 1 fully saturated rings. The molecule has 1 aliphatic heterocycles. The van der Waals surface area contributed by atoms with Gasteiger partial charge in [0.1, 0.15) is 5.82 Å². The Morgan fingerprint density at radius 1 is 1.27 bits per heavy atom. The summed E-state index contributed by atoms with van der Waals surface area (Å²) in [7, 11) is 1.72. The van der Waals surface area contributed by atoms with E-state index in [0.29, 0.717) is 11.8 Å². The largest absolute Gasteiger partial charge is 0.385 e. The van der Waals surface area contributed by atoms with Gasteiger partial charge in [0.15, 0.2) is 0 Å². The average molecular weight is 308 g/mol. The molecule has 0 aromatic heterocycles. The Hall–Kier alpha value is -1.13. The van der Waals surface area contributed by atoms with E-state index >= 15 is 0 Å². The molecule has 0 spiro atoms. The summed E-state index contributed by atoms with van der Waals surface area (Å²) in [5.41, 5.74) is 1.90. The van der Waals surface area contributed by atoms with Gasteiger partial charge in [-0.1, -0.05) is 19.9 Å². The predicted octanol–water partition coefficient (Wildman–Crippen LogP) is 3.43. The van der Waals surface area contributed by atoms with Crippen LogP contribution in [0.1, 0.15) is 32.3 Å². The lowest BCUT2D eigenvalue weighted by Crippen LogP contribution is -2.39. The number of rotatable bonds is 7. The van der Waals surface area contributed by atoms with Gasteiger partial charge in [-0.2, -0.15) is 0 Å². The number of benzene rings is 1. The van der Waals surface area contributed by atoms with E-state index in [1.165, 1.54) is 6.42 Å². The van der Waals surface area contributed by atoms with Gasteiger partial charge in [0.25, 0.3) is 0 Å². The van der Waals surface area contributed by atoms with Crippen LogP contribution in [0.25, 0.3) is 0 Å². The van der Waals surface area contributed by atoms with Crippen molar-refractivity contribution in [3.05, 3.63) is 29.6 Å². The first-order chi connectivity index (χ1) is 10.6. The zero-order valence-corrected chi connectivity index (χ0v) is 14.1. The van der Waals surface area contributed by atoms with Gasteiger partial charge >= 0.3 is 0 Å². The molecule has 1 heterocycles. The third kappa shape index (κ3) is 4.96. The molecular weight excluding hydrogens is 279 g/mol. The zero-order chi connectivity index (χ0) is 15.9. The Morgan fingerprint density at radius 2 is 2.00 bits per heavy atom. The number of nitrogens with zero attached hydrogens (tertiary/aromatic N) is 1. The normalized spacial score (nSPS) is 22.1. The fraction of sp³-hybridized carbons (Fsp3) is 0.667. The van der Waals surface area contributed by atoms with Crippen molar-refractivity contribution in [2.45, 2.75) is 33.2 Å². The van der Waals surface area contributed by atoms with E-state index in [9.17, 15) is 4.39 Å². The van der Waals surface area contributed by atoms with Crippen molar-refractivity contribution >= 4 is 5.69 Å². The van der Waals surface area contributed by atoms with Crippen molar-refractivity contribution in [3.8, 4) is 0 Å². The van der Waals surface area contributed by atoms with Gasteiger partial charge in [0.2, 0.25) is 0 Å². The molecular formula is C18H29FN2O. The molecule has 0 aliphatic carbocycles. The van der Waals surface area contributed by atoms with Crippen molar-refractivity contribution in [1.29, 1.82) is 0 Å². The number of methoxy groups -OCH3 is 1. The molecule has 22 heavy (non-hydrogen) atoms. The summed E-state index contributed by atoms with van der Waals surface area (Å²) in [5.74, 6) is 1.14. The van der Waals surface area contributed by atoms with Gasteiger partial charge in [-0.15, -0.1) is 0 Å². The molecule has 2 unspecified atom stereocenters. The highest BCUT2D eigenvalue weighted by atomic mass is 19.1. The van der Waals surface area contributed by atoms with Gasteiger partial charge in [0, 0.05) is 33.4 Å². The molecule has 0 saturated carbocycles. The number of ether oxygens (including phenoxy) is 1. The SMILES string of the molecule is COCCCNCc1ccc(F)c(N2CC(C)CC(C)C2)c1. The lowest BCUT2D eigenvalue weighted by Gasteiger charge is -2.37. The monoisotopic (exact) mass is 308 g/mol. The molecule has 4 heteroatoms. The van der Waals surface area contributed by atoms with Crippen molar-refractivity contribution < 1.29 is 9.13 Å². The number of nitrogens with one attached hydrogen (secondary N) is 1. The van der Waals surface area contributed by atoms with Crippen LogP contribution in [-0.4, -0.2) is 33.4 Å². The van der Waals surface area contributed by atoms with Gasteiger partial charge in [0.05, 0.1) is 5.69 Å². The van der Waals surface area contributed by atoms with E-state index < -0.39 is 0 Å². The van der Waals surface area contributed by atoms with Crippen LogP contribution in [-0.2, 0) is 11.3 Å². The summed E-state index contributed by atoms with van der Waals surface area (Å²) < 4.78 is 19.3. The van der Waals surface area contributed by atoms with E-state index in [1.54, 1.807) is 13.2 Å². The van der Waals surface area contributed by atoms with Crippen molar-refractivity contribution in [3.63, 3.8) is 0 Å². The molecule has 1 N–H and O–H groups in total. The minimum absolute atomic E-state index is 0.107. The molecule has 124 valence electrons. The van der Waals surface area contributed by atoms with Gasteiger partial charge < -0.3 is 15.0 Å². The first-order valence-electron chi connectivity index (χ1n) is 8.33. The first-order valence-corrected chi connectivity index (χ1v) is 8.33. The standard InChI is InChI=1S/C18H29FN2O/c1-14-9-15(2)13-21(12-14)18-10-16(5-6-17(18)19)11-20-7-4-8-22-3/h5-6,10,14-15,20H,4,7-9,11-13H2,1-3H3. The lowest BCUT2D eigenvalue weighted by atomic mass is 9.91. The van der Waals surface area contributed by atoms with E-state index in [1.807, 2.05) is 12.1 Å². The summed E-state index contributed by atoms with van der Waals surface area (Å²) in [6.45, 7) is 8.86. The topological polar surface area (TPSA) is 24.5 Å². The number of hydrogen-bond donors (Lipinski definition) is 1. The second-order valence-corrected chi connectivity index (χ2v) is 6.66. The Labute approximate surface area is 133 Å². The second kappa shape index (κ2) is 8.49. The van der Waals surface area contributed by atoms with Crippen LogP contribution in [0.4, 0.5) is 10.1 Å². The van der Waals surface area contributed by atoms with Crippen LogP contribution >= 0.6 is 0 Å². The molecule has 2 rings (SSSR count). The molecule has 1 saturated heterocycles. The molecule has 0 amide bonds. The fourth-order valence-corrected chi connectivity index (χ4v) is 3.34. The van der Waals surface area contributed by atoms with Gasteiger partial charge in [-0.05, 0) is 48.9 Å². The molecule has 1 aliphatic rings. The minimum Gasteiger partial charge on any atom is -0.385 e. The molecule has 1 aromatic rings. The molecule has 1 aromatic carbocycles. The quantitative estimate of drug-likeness (QED) is 0.781. The van der Waals surface area contributed by atoms with E-state index in [4.69, 9.17) is 4.74 Å². The van der Waals surface area contributed by atoms with Gasteiger partial charge in [-0.25, -0.2) is 4.39 Å². The van der Waals surface area contributed by atoms with Crippen LogP contribution < -0.4 is 10.2 Å². The Balaban J connectivity index is 1.97. The molecule has 3 nitrogen and oxygen atoms in total. The highest BCUT2D eigenvalue weighted by Crippen LogP contribution is 2.28. The fourth-order valence-electron chi connectivity index (χ4n) is 3.34. The summed E-state index contributed by atoms with van der Waals surface area (Å²) in [6, 6.07) is 5.48. The predicted molar refractivity (Wildman–Crippen MR) is 89.8 cm³/mol. The van der Waals surface area contributed by atoms with Gasteiger partial charge in [-0.3, -0.25) is 0 Å². The zero-order valence-electron chi connectivity index (χ0n) is 14.1. The first kappa shape index (κ1) is 17.2. The summed E-state index contributed by atoms with van der Waals surface area (Å²) in [4.78, 5) is 2.21. The number of anilines is 1. The Kier molecular flexibility index (Phi) is 6.65. The molecule has 2 atom stereocenters. The van der Waals surface area contributed by atoms with Crippen LogP contribution in [0.5, 0.6) is 0 Å². The van der Waals surface area contributed by atoms with Crippen LogP contribution in [0, 0.1) is 17.7 Å². The Morgan fingerprint density at radius 3 is 2.68 bits per heavy atom. The highest BCUT2D eigenvalue weighted by molar-refractivity contribution is 5.50. The van der Waals surface area contributed by atoms with Crippen molar-refractivity contribution in [2.24, 2.45) is 11.8 Å². The van der Waals surface area contributed by atoms with Crippen molar-refractivity contribution in [1.82, 2.24) is 5.32 Å². The summed E-state index contributed by atoms with van der Waals surface area (Å²) in [5, 5.41) is 3.38. The third-order valence-electron chi connectivity index (χ3n) is 4.25. The number of piperidine rings is 1. The second-order valence-electron chi connectivity index (χ2n) is 6.66. The van der Waals surface area contributed by atoms with Crippen LogP contribution in [0.2, 0.25) is 0 Å². The third-order valence-corrected chi connectivity index (χ3v) is 4.25. The van der Waals surface area contributed by atoms with E-state index in [2.05, 4.69) is 24.1 Å². The molecule has 0 bridgehead atoms. The Bertz CT molecular complexity index is 456. The lowest BCUT2D eigenvalue weighted by molar-refractivity contribution is 0.194. The maximum atomic E-state index is 14.2. The van der Waals surface area contributed by atoms with E-state index in [0.717, 1.165) is 50.5 Å². The maximum absolute atomic E-state index is 14.2. The number of hydrogen-bond acceptors (Lipinski definition) is 3. The number of halogens is 1. The van der Waals surface area contributed by atoms with E-state index in [-0.39, 0.29) is 5.82 Å². The smallest absolute Gasteiger partial charge is 0.146 e. The highest BCUT2D eigenvalue weighted by Gasteiger charge is 2.23. The van der Waals surface area contributed by atoms with Crippen LogP contribution in [0.3, 0.4) is 0 Å². The average Bonchev–Trinajstić information content (AvgIpc) is 2.47. The molecule has 0 radical (unpaired) electrons. The van der Waals surface area contributed by atoms with Crippen LogP contribution in [0.15, 0.2) is 18.2 Å². The minimum atomic E-state index is -0.107. The summed E-state index contributed by atoms with van der Waals surface area (Å²) >= 11 is 0. The van der Waals surface area contributed by atoms with Crippen molar-refractivity contribution in [2.75, 3.05) is 38.3 Å². The maximum Gasteiger partial charge on any atom is 0.146 e.